The van der Waals surface area contributed by atoms with Gasteiger partial charge >= 0.3 is 0 Å². The predicted octanol–water partition coefficient (Wildman–Crippen LogP) is 2.30. The van der Waals surface area contributed by atoms with Gasteiger partial charge in [0.15, 0.2) is 5.96 Å². The third-order valence-electron chi connectivity index (χ3n) is 5.39. The Kier molecular flexibility index (Phi) is 3.93. The lowest BCUT2D eigenvalue weighted by atomic mass is 9.55. The van der Waals surface area contributed by atoms with Crippen molar-refractivity contribution < 1.29 is 4.74 Å². The van der Waals surface area contributed by atoms with Gasteiger partial charge in [-0.1, -0.05) is 13.8 Å². The molecule has 0 aromatic heterocycles. The maximum Gasteiger partial charge on any atom is 0.191 e. The molecule has 1 aliphatic heterocycles. The van der Waals surface area contributed by atoms with E-state index >= 15 is 0 Å². The molecule has 0 spiro atoms. The van der Waals surface area contributed by atoms with Crippen LogP contribution in [0, 0.1) is 11.3 Å². The number of hydrogen-bond donors (Lipinski definition) is 2. The molecule has 4 heteroatoms. The van der Waals surface area contributed by atoms with Gasteiger partial charge in [-0.15, -0.1) is 0 Å². The lowest BCUT2D eigenvalue weighted by Crippen LogP contribution is -2.71. The van der Waals surface area contributed by atoms with Crippen LogP contribution in [0.3, 0.4) is 0 Å². The largest absolute Gasteiger partial charge is 0.377 e. The van der Waals surface area contributed by atoms with E-state index in [1.54, 1.807) is 0 Å². The lowest BCUT2D eigenvalue weighted by molar-refractivity contribution is -0.188. The first-order valence-corrected chi connectivity index (χ1v) is 8.32. The summed E-state index contributed by atoms with van der Waals surface area (Å²) in [6, 6.07) is 1.13. The highest BCUT2D eigenvalue weighted by atomic mass is 16.5. The minimum Gasteiger partial charge on any atom is -0.377 e. The topological polar surface area (TPSA) is 45.7 Å². The van der Waals surface area contributed by atoms with Gasteiger partial charge in [-0.25, -0.2) is 0 Å². The first kappa shape index (κ1) is 14.2. The van der Waals surface area contributed by atoms with Gasteiger partial charge in [0, 0.05) is 36.6 Å². The van der Waals surface area contributed by atoms with Crippen molar-refractivity contribution in [3.05, 3.63) is 0 Å². The first-order chi connectivity index (χ1) is 9.63. The van der Waals surface area contributed by atoms with Gasteiger partial charge in [-0.05, 0) is 39.0 Å². The van der Waals surface area contributed by atoms with Gasteiger partial charge in [0.25, 0.3) is 0 Å². The Balaban J connectivity index is 1.63. The molecule has 20 heavy (non-hydrogen) atoms. The van der Waals surface area contributed by atoms with Crippen molar-refractivity contribution in [3.8, 4) is 0 Å². The molecule has 4 nitrogen and oxygen atoms in total. The van der Waals surface area contributed by atoms with Crippen LogP contribution in [0.2, 0.25) is 0 Å². The summed E-state index contributed by atoms with van der Waals surface area (Å²) in [5.74, 6) is 1.67. The van der Waals surface area contributed by atoms with E-state index in [9.17, 15) is 0 Å². The highest BCUT2D eigenvalue weighted by Crippen LogP contribution is 2.51. The Labute approximate surface area is 122 Å². The molecule has 3 aliphatic rings. The van der Waals surface area contributed by atoms with E-state index < -0.39 is 0 Å². The van der Waals surface area contributed by atoms with Crippen molar-refractivity contribution in [3.63, 3.8) is 0 Å². The van der Waals surface area contributed by atoms with E-state index in [0.29, 0.717) is 24.1 Å². The van der Waals surface area contributed by atoms with Crippen LogP contribution in [0.5, 0.6) is 0 Å². The van der Waals surface area contributed by atoms with Gasteiger partial charge in [0.2, 0.25) is 0 Å². The van der Waals surface area contributed by atoms with Crippen LogP contribution < -0.4 is 10.6 Å². The molecule has 2 N–H and O–H groups in total. The highest BCUT2D eigenvalue weighted by molar-refractivity contribution is 5.80. The quantitative estimate of drug-likeness (QED) is 0.615. The zero-order valence-electron chi connectivity index (χ0n) is 13.1. The summed E-state index contributed by atoms with van der Waals surface area (Å²) in [6.07, 6.45) is 6.84. The van der Waals surface area contributed by atoms with E-state index in [2.05, 4.69) is 36.4 Å². The maximum atomic E-state index is 5.98. The molecule has 1 saturated heterocycles. The molecule has 3 atom stereocenters. The third-order valence-corrected chi connectivity index (χ3v) is 5.39. The Morgan fingerprint density at radius 2 is 2.00 bits per heavy atom. The number of aliphatic imine (C=N–C) groups is 1. The van der Waals surface area contributed by atoms with Crippen molar-refractivity contribution in [1.29, 1.82) is 0 Å². The molecule has 0 amide bonds. The number of nitrogens with one attached hydrogen (secondary N) is 2. The smallest absolute Gasteiger partial charge is 0.191 e. The van der Waals surface area contributed by atoms with Gasteiger partial charge in [0.1, 0.15) is 0 Å². The van der Waals surface area contributed by atoms with Gasteiger partial charge in [-0.3, -0.25) is 4.99 Å². The summed E-state index contributed by atoms with van der Waals surface area (Å²) in [6.45, 7) is 8.52. The fourth-order valence-corrected chi connectivity index (χ4v) is 4.00. The first-order valence-electron chi connectivity index (χ1n) is 8.32. The number of fused-ring (bicyclic) bond motifs is 1. The number of hydrogen-bond acceptors (Lipinski definition) is 2. The molecule has 1 heterocycles. The summed E-state index contributed by atoms with van der Waals surface area (Å²) < 4.78 is 5.98. The van der Waals surface area contributed by atoms with Crippen molar-refractivity contribution in [2.24, 2.45) is 16.3 Å². The van der Waals surface area contributed by atoms with Crippen LogP contribution in [-0.4, -0.2) is 37.3 Å². The SMILES string of the molecule is CCN=C(NC1CCC1)NC1C2CCCOC2C1(C)C. The second kappa shape index (κ2) is 5.55. The van der Waals surface area contributed by atoms with Crippen LogP contribution in [-0.2, 0) is 4.74 Å². The van der Waals surface area contributed by atoms with Crippen molar-refractivity contribution in [2.75, 3.05) is 13.2 Å². The van der Waals surface area contributed by atoms with Crippen LogP contribution >= 0.6 is 0 Å². The number of rotatable bonds is 3. The minimum atomic E-state index is 0.209. The second-order valence-corrected chi connectivity index (χ2v) is 7.14. The minimum absolute atomic E-state index is 0.209. The van der Waals surface area contributed by atoms with E-state index in [4.69, 9.17) is 4.74 Å². The molecule has 3 fully saturated rings. The van der Waals surface area contributed by atoms with Crippen LogP contribution in [0.25, 0.3) is 0 Å². The molecule has 3 rings (SSSR count). The molecule has 114 valence electrons. The fraction of sp³-hybridized carbons (Fsp3) is 0.938. The Morgan fingerprint density at radius 3 is 2.65 bits per heavy atom. The highest BCUT2D eigenvalue weighted by Gasteiger charge is 2.58. The molecule has 0 aromatic carbocycles. The normalized spacial score (nSPS) is 36.5. The van der Waals surface area contributed by atoms with Crippen LogP contribution in [0.15, 0.2) is 4.99 Å². The van der Waals surface area contributed by atoms with Gasteiger partial charge in [-0.2, -0.15) is 0 Å². The zero-order valence-corrected chi connectivity index (χ0v) is 13.1. The predicted molar refractivity (Wildman–Crippen MR) is 81.9 cm³/mol. The van der Waals surface area contributed by atoms with Gasteiger partial charge in [0.05, 0.1) is 6.10 Å². The summed E-state index contributed by atoms with van der Waals surface area (Å²) >= 11 is 0. The molecular formula is C16H29N3O. The average Bonchev–Trinajstić information content (AvgIpc) is 2.39. The summed E-state index contributed by atoms with van der Waals surface area (Å²) in [4.78, 5) is 4.62. The number of guanidine groups is 1. The fourth-order valence-electron chi connectivity index (χ4n) is 4.00. The molecule has 3 unspecified atom stereocenters. The average molecular weight is 279 g/mol. The lowest BCUT2D eigenvalue weighted by Gasteiger charge is -2.60. The van der Waals surface area contributed by atoms with Crippen molar-refractivity contribution in [2.45, 2.75) is 71.1 Å². The standard InChI is InChI=1S/C16H29N3O/c1-4-17-15(18-11-7-5-8-11)19-13-12-9-6-10-20-14(12)16(13,2)3/h11-14H,4-10H2,1-3H3,(H2,17,18,19). The summed E-state index contributed by atoms with van der Waals surface area (Å²) in [5, 5.41) is 7.29. The van der Waals surface area contributed by atoms with Gasteiger partial charge < -0.3 is 15.4 Å². The van der Waals surface area contributed by atoms with Crippen molar-refractivity contribution >= 4 is 5.96 Å². The van der Waals surface area contributed by atoms with E-state index in [1.807, 2.05) is 0 Å². The Bertz CT molecular complexity index is 376. The molecular weight excluding hydrogens is 250 g/mol. The van der Waals surface area contributed by atoms with E-state index in [-0.39, 0.29) is 5.41 Å². The summed E-state index contributed by atoms with van der Waals surface area (Å²) in [5.41, 5.74) is 0.209. The van der Waals surface area contributed by atoms with E-state index in [1.165, 1.54) is 32.1 Å². The molecule has 0 radical (unpaired) electrons. The van der Waals surface area contributed by atoms with Crippen molar-refractivity contribution in [1.82, 2.24) is 10.6 Å². The van der Waals surface area contributed by atoms with Crippen LogP contribution in [0.1, 0.15) is 52.9 Å². The summed E-state index contributed by atoms with van der Waals surface area (Å²) in [7, 11) is 0. The molecule has 2 saturated carbocycles. The zero-order chi connectivity index (χ0) is 14.2. The Morgan fingerprint density at radius 1 is 1.20 bits per heavy atom. The molecule has 0 bridgehead atoms. The molecule has 0 aromatic rings. The molecule has 2 aliphatic carbocycles. The van der Waals surface area contributed by atoms with E-state index in [0.717, 1.165) is 19.1 Å². The van der Waals surface area contributed by atoms with Crippen LogP contribution in [0.4, 0.5) is 0 Å². The Hall–Kier alpha value is -0.770. The monoisotopic (exact) mass is 279 g/mol. The number of nitrogens with zero attached hydrogens (tertiary/aromatic N) is 1. The number of ether oxygens (including phenoxy) is 1. The maximum absolute atomic E-state index is 5.98. The second-order valence-electron chi connectivity index (χ2n) is 7.14. The third kappa shape index (κ3) is 2.43.